The van der Waals surface area contributed by atoms with Crippen molar-refractivity contribution in [3.8, 4) is 0 Å². The van der Waals surface area contributed by atoms with E-state index in [1.54, 1.807) is 0 Å². The van der Waals surface area contributed by atoms with E-state index in [0.717, 1.165) is 0 Å². The third-order valence-corrected chi connectivity index (χ3v) is 2.09. The van der Waals surface area contributed by atoms with Gasteiger partial charge in [0.1, 0.15) is 0 Å². The minimum absolute atomic E-state index is 0.253. The number of aromatic nitrogens is 1. The van der Waals surface area contributed by atoms with Crippen molar-refractivity contribution < 1.29 is 0 Å². The minimum Gasteiger partial charge on any atom is -0.353 e. The zero-order valence-corrected chi connectivity index (χ0v) is 8.69. The first-order chi connectivity index (χ1) is 4.50. The van der Waals surface area contributed by atoms with Crippen molar-refractivity contribution in [2.45, 2.75) is 26.2 Å². The highest BCUT2D eigenvalue weighted by Gasteiger charge is 2.14. The number of hydrogen-bond acceptors (Lipinski definition) is 0. The maximum Gasteiger partial charge on any atom is 0.0774 e. The molecule has 0 fully saturated rings. The maximum absolute atomic E-state index is 3.30. The summed E-state index contributed by atoms with van der Waals surface area (Å²) >= 11 is 2.29. The van der Waals surface area contributed by atoms with Gasteiger partial charge in [-0.1, -0.05) is 20.8 Å². The van der Waals surface area contributed by atoms with E-state index >= 15 is 0 Å². The van der Waals surface area contributed by atoms with Gasteiger partial charge in [0.15, 0.2) is 0 Å². The van der Waals surface area contributed by atoms with Crippen LogP contribution in [-0.4, -0.2) is 4.98 Å². The molecule has 0 atom stereocenters. The predicted molar refractivity (Wildman–Crippen MR) is 52.2 cm³/mol. The molecule has 1 aromatic rings. The Bertz CT molecular complexity index is 219. The van der Waals surface area contributed by atoms with Crippen LogP contribution in [0.3, 0.4) is 0 Å². The molecule has 0 aliphatic rings. The second-order valence-corrected chi connectivity index (χ2v) is 4.63. The summed E-state index contributed by atoms with van der Waals surface area (Å²) in [5, 5.41) is 0. The van der Waals surface area contributed by atoms with Gasteiger partial charge >= 0.3 is 0 Å². The first-order valence-electron chi connectivity index (χ1n) is 3.35. The molecule has 0 radical (unpaired) electrons. The highest BCUT2D eigenvalue weighted by atomic mass is 127. The van der Waals surface area contributed by atoms with Crippen LogP contribution in [-0.2, 0) is 5.41 Å². The van der Waals surface area contributed by atoms with Crippen LogP contribution in [0.15, 0.2) is 12.1 Å². The second kappa shape index (κ2) is 2.57. The Morgan fingerprint density at radius 3 is 2.10 bits per heavy atom. The Morgan fingerprint density at radius 1 is 1.30 bits per heavy atom. The van der Waals surface area contributed by atoms with Gasteiger partial charge in [-0.05, 0) is 34.7 Å². The van der Waals surface area contributed by atoms with E-state index in [4.69, 9.17) is 0 Å². The first-order valence-corrected chi connectivity index (χ1v) is 4.43. The molecule has 1 nitrogen and oxygen atoms in total. The highest BCUT2D eigenvalue weighted by Crippen LogP contribution is 2.21. The Hall–Kier alpha value is 0.01000. The number of aromatic amines is 1. The quantitative estimate of drug-likeness (QED) is 0.680. The molecule has 0 aliphatic carbocycles. The molecule has 0 spiro atoms. The van der Waals surface area contributed by atoms with Gasteiger partial charge in [-0.3, -0.25) is 0 Å². The summed E-state index contributed by atoms with van der Waals surface area (Å²) in [5.41, 5.74) is 1.56. The smallest absolute Gasteiger partial charge is 0.0774 e. The standard InChI is InChI=1S/C8H12IN/c1-8(2,3)6-4-5-7(9)10-6/h4-5,10H,1-3H3. The lowest BCUT2D eigenvalue weighted by Gasteiger charge is -2.15. The SMILES string of the molecule is CC(C)(C)c1ccc(I)[nH]1. The molecule has 0 unspecified atom stereocenters. The number of H-pyrrole nitrogens is 1. The fraction of sp³-hybridized carbons (Fsp3) is 0.500. The van der Waals surface area contributed by atoms with Crippen molar-refractivity contribution in [2.24, 2.45) is 0 Å². The highest BCUT2D eigenvalue weighted by molar-refractivity contribution is 14.1. The van der Waals surface area contributed by atoms with Crippen LogP contribution in [0.25, 0.3) is 0 Å². The summed E-state index contributed by atoms with van der Waals surface area (Å²) in [6.45, 7) is 6.61. The average Bonchev–Trinajstić information content (AvgIpc) is 2.11. The summed E-state index contributed by atoms with van der Waals surface area (Å²) in [5.74, 6) is 0. The lowest BCUT2D eigenvalue weighted by atomic mass is 9.93. The molecule has 1 heterocycles. The molecule has 56 valence electrons. The molecule has 0 aromatic carbocycles. The van der Waals surface area contributed by atoms with Crippen LogP contribution >= 0.6 is 22.6 Å². The largest absolute Gasteiger partial charge is 0.353 e. The fourth-order valence-electron chi connectivity index (χ4n) is 0.806. The molecule has 10 heavy (non-hydrogen) atoms. The minimum atomic E-state index is 0.253. The van der Waals surface area contributed by atoms with Gasteiger partial charge in [-0.2, -0.15) is 0 Å². The first kappa shape index (κ1) is 8.11. The van der Waals surface area contributed by atoms with Gasteiger partial charge in [0.05, 0.1) is 3.70 Å². The number of rotatable bonds is 0. The molecule has 1 aromatic heterocycles. The van der Waals surface area contributed by atoms with Gasteiger partial charge in [0.2, 0.25) is 0 Å². The van der Waals surface area contributed by atoms with Crippen molar-refractivity contribution in [1.29, 1.82) is 0 Å². The average molecular weight is 249 g/mol. The molecule has 0 saturated carbocycles. The van der Waals surface area contributed by atoms with E-state index in [0.29, 0.717) is 0 Å². The number of hydrogen-bond donors (Lipinski definition) is 1. The van der Waals surface area contributed by atoms with Crippen molar-refractivity contribution in [3.63, 3.8) is 0 Å². The van der Waals surface area contributed by atoms with E-state index in [9.17, 15) is 0 Å². The van der Waals surface area contributed by atoms with E-state index in [1.807, 2.05) is 0 Å². The molecule has 0 saturated heterocycles. The predicted octanol–water partition coefficient (Wildman–Crippen LogP) is 2.92. The van der Waals surface area contributed by atoms with Crippen LogP contribution in [0.4, 0.5) is 0 Å². The van der Waals surface area contributed by atoms with Gasteiger partial charge in [-0.15, -0.1) is 0 Å². The van der Waals surface area contributed by atoms with Crippen molar-refractivity contribution >= 4 is 22.6 Å². The summed E-state index contributed by atoms with van der Waals surface area (Å²) in [7, 11) is 0. The third kappa shape index (κ3) is 1.75. The van der Waals surface area contributed by atoms with E-state index < -0.39 is 0 Å². The Balaban J connectivity index is 2.96. The zero-order valence-electron chi connectivity index (χ0n) is 6.53. The molecule has 1 N–H and O–H groups in total. The lowest BCUT2D eigenvalue weighted by Crippen LogP contribution is -2.11. The molecule has 0 bridgehead atoms. The van der Waals surface area contributed by atoms with Gasteiger partial charge in [-0.25, -0.2) is 0 Å². The topological polar surface area (TPSA) is 15.8 Å². The third-order valence-electron chi connectivity index (χ3n) is 1.46. The lowest BCUT2D eigenvalue weighted by molar-refractivity contribution is 0.572. The normalized spacial score (nSPS) is 12.0. The van der Waals surface area contributed by atoms with E-state index in [2.05, 4.69) is 60.5 Å². The van der Waals surface area contributed by atoms with Crippen LogP contribution in [0.5, 0.6) is 0 Å². The molecule has 1 rings (SSSR count). The summed E-state index contributed by atoms with van der Waals surface area (Å²) in [4.78, 5) is 3.30. The molecular formula is C8H12IN. The second-order valence-electron chi connectivity index (χ2n) is 3.47. The Morgan fingerprint density at radius 2 is 1.90 bits per heavy atom. The number of halogens is 1. The molecule has 2 heteroatoms. The van der Waals surface area contributed by atoms with E-state index in [1.165, 1.54) is 9.39 Å². The molecular weight excluding hydrogens is 237 g/mol. The fourth-order valence-corrected chi connectivity index (χ4v) is 1.28. The van der Waals surface area contributed by atoms with E-state index in [-0.39, 0.29) is 5.41 Å². The van der Waals surface area contributed by atoms with Crippen LogP contribution < -0.4 is 0 Å². The van der Waals surface area contributed by atoms with Crippen molar-refractivity contribution in [3.05, 3.63) is 21.5 Å². The summed E-state index contributed by atoms with van der Waals surface area (Å²) in [6.07, 6.45) is 0. The van der Waals surface area contributed by atoms with Gasteiger partial charge < -0.3 is 4.98 Å². The molecule has 0 amide bonds. The van der Waals surface area contributed by atoms with Crippen molar-refractivity contribution in [1.82, 2.24) is 4.98 Å². The molecule has 0 aliphatic heterocycles. The number of nitrogens with one attached hydrogen (secondary N) is 1. The Kier molecular flexibility index (Phi) is 2.08. The maximum atomic E-state index is 3.30. The van der Waals surface area contributed by atoms with Crippen LogP contribution in [0.1, 0.15) is 26.5 Å². The van der Waals surface area contributed by atoms with Gasteiger partial charge in [0.25, 0.3) is 0 Å². The van der Waals surface area contributed by atoms with Crippen LogP contribution in [0, 0.1) is 3.70 Å². The van der Waals surface area contributed by atoms with Crippen molar-refractivity contribution in [2.75, 3.05) is 0 Å². The Labute approximate surface area is 75.4 Å². The summed E-state index contributed by atoms with van der Waals surface area (Å²) in [6, 6.07) is 4.24. The zero-order chi connectivity index (χ0) is 7.78. The van der Waals surface area contributed by atoms with Crippen LogP contribution in [0.2, 0.25) is 0 Å². The summed E-state index contributed by atoms with van der Waals surface area (Å²) < 4.78 is 1.21. The van der Waals surface area contributed by atoms with Gasteiger partial charge in [0, 0.05) is 11.1 Å². The monoisotopic (exact) mass is 249 g/mol.